The molecule has 0 atom stereocenters. The first-order chi connectivity index (χ1) is 13.0. The first kappa shape index (κ1) is 21.9. The summed E-state index contributed by atoms with van der Waals surface area (Å²) in [4.78, 5) is 23.6. The van der Waals surface area contributed by atoms with E-state index in [9.17, 15) is 0 Å². The van der Waals surface area contributed by atoms with Crippen molar-refractivity contribution in [3.05, 3.63) is 34.3 Å². The van der Waals surface area contributed by atoms with E-state index in [0.29, 0.717) is 0 Å². The van der Waals surface area contributed by atoms with Gasteiger partial charge >= 0.3 is 11.9 Å². The van der Waals surface area contributed by atoms with Crippen LogP contribution in [0.15, 0.2) is 28.7 Å². The number of hydrogen-bond acceptors (Lipinski definition) is 4. The summed E-state index contributed by atoms with van der Waals surface area (Å²) >= 11 is 3.67. The van der Waals surface area contributed by atoms with Crippen LogP contribution in [0.3, 0.4) is 0 Å². The van der Waals surface area contributed by atoms with E-state index in [4.69, 9.17) is 19.8 Å². The highest BCUT2D eigenvalue weighted by Gasteiger charge is 2.25. The fourth-order valence-electron chi connectivity index (χ4n) is 3.77. The largest absolute Gasteiger partial charge is 0.473 e. The minimum atomic E-state index is -1.82. The summed E-state index contributed by atoms with van der Waals surface area (Å²) in [5, 5.41) is 14.8. The second kappa shape index (κ2) is 11.4. The van der Waals surface area contributed by atoms with Gasteiger partial charge in [0.05, 0.1) is 0 Å². The smallest absolute Gasteiger partial charge is 0.414 e. The van der Waals surface area contributed by atoms with E-state index >= 15 is 0 Å². The van der Waals surface area contributed by atoms with E-state index in [0.717, 1.165) is 12.6 Å². The number of aliphatic carboxylic acids is 2. The van der Waals surface area contributed by atoms with Gasteiger partial charge in [0.2, 0.25) is 0 Å². The number of piperidine rings is 1. The average Bonchev–Trinajstić information content (AvgIpc) is 2.94. The lowest BCUT2D eigenvalue weighted by molar-refractivity contribution is -0.159. The normalized spacial score (nSPS) is 19.6. The summed E-state index contributed by atoms with van der Waals surface area (Å²) in [5.74, 6) is -3.65. The summed E-state index contributed by atoms with van der Waals surface area (Å²) in [6.07, 6.45) is 8.41. The minimum absolute atomic E-state index is 0.846. The lowest BCUT2D eigenvalue weighted by Crippen LogP contribution is -2.45. The Kier molecular flexibility index (Phi) is 9.24. The molecule has 2 N–H and O–H groups in total. The van der Waals surface area contributed by atoms with E-state index in [1.54, 1.807) is 0 Å². The van der Waals surface area contributed by atoms with Crippen LogP contribution in [0.1, 0.15) is 44.1 Å². The van der Waals surface area contributed by atoms with Crippen LogP contribution < -0.4 is 0 Å². The molecule has 3 rings (SSSR count). The van der Waals surface area contributed by atoms with Crippen molar-refractivity contribution in [1.29, 1.82) is 0 Å². The summed E-state index contributed by atoms with van der Waals surface area (Å²) in [7, 11) is 0. The van der Waals surface area contributed by atoms with Crippen molar-refractivity contribution in [1.82, 2.24) is 9.80 Å². The minimum Gasteiger partial charge on any atom is -0.473 e. The van der Waals surface area contributed by atoms with Crippen molar-refractivity contribution in [3.63, 3.8) is 0 Å². The maximum atomic E-state index is 9.10. The summed E-state index contributed by atoms with van der Waals surface area (Å²) in [6, 6.07) is 9.48. The summed E-state index contributed by atoms with van der Waals surface area (Å²) in [5.41, 5.74) is 1.42. The standard InChI is InChI=1S/C18H27BrN2.C2H2O4/c19-18-8-4-3-7-16(18)15-20-13-9-17(10-14-20)21-11-5-1-2-6-12-21;3-1(4)2(5)6/h3-4,7-8,17H,1-2,5-6,9-15H2;(H,3,4)(H,5,6). The van der Waals surface area contributed by atoms with Crippen molar-refractivity contribution in [2.75, 3.05) is 26.2 Å². The van der Waals surface area contributed by atoms with Crippen LogP contribution in [0.5, 0.6) is 0 Å². The molecule has 1 aromatic carbocycles. The molecule has 0 aliphatic carbocycles. The monoisotopic (exact) mass is 440 g/mol. The molecule has 2 aliphatic heterocycles. The molecule has 6 nitrogen and oxygen atoms in total. The molecule has 2 fully saturated rings. The zero-order valence-electron chi connectivity index (χ0n) is 15.6. The quantitative estimate of drug-likeness (QED) is 0.700. The third-order valence-electron chi connectivity index (χ3n) is 5.25. The Balaban J connectivity index is 0.000000380. The zero-order chi connectivity index (χ0) is 19.6. The number of hydrogen-bond donors (Lipinski definition) is 2. The van der Waals surface area contributed by atoms with Gasteiger partial charge in [-0.25, -0.2) is 9.59 Å². The molecule has 0 aromatic heterocycles. The number of carboxylic acid groups (broad SMARTS) is 2. The van der Waals surface area contributed by atoms with E-state index in [-0.39, 0.29) is 0 Å². The van der Waals surface area contributed by atoms with Crippen LogP contribution in [0.2, 0.25) is 0 Å². The molecule has 0 radical (unpaired) electrons. The van der Waals surface area contributed by atoms with Gasteiger partial charge in [0.1, 0.15) is 0 Å². The third-order valence-corrected chi connectivity index (χ3v) is 6.02. The lowest BCUT2D eigenvalue weighted by Gasteiger charge is -2.38. The SMILES string of the molecule is Brc1ccccc1CN1CCC(N2CCCCCC2)CC1.O=C(O)C(=O)O. The molecule has 1 aromatic rings. The van der Waals surface area contributed by atoms with Crippen LogP contribution in [-0.2, 0) is 16.1 Å². The van der Waals surface area contributed by atoms with Gasteiger partial charge in [-0.1, -0.05) is 47.0 Å². The number of rotatable bonds is 3. The fourth-order valence-corrected chi connectivity index (χ4v) is 4.18. The summed E-state index contributed by atoms with van der Waals surface area (Å²) in [6.45, 7) is 6.28. The lowest BCUT2D eigenvalue weighted by atomic mass is 10.0. The second-order valence-electron chi connectivity index (χ2n) is 7.16. The van der Waals surface area contributed by atoms with Gasteiger partial charge in [-0.2, -0.15) is 0 Å². The van der Waals surface area contributed by atoms with Gasteiger partial charge in [-0.15, -0.1) is 0 Å². The Labute approximate surface area is 169 Å². The third kappa shape index (κ3) is 7.60. The van der Waals surface area contributed by atoms with Crippen LogP contribution in [0, 0.1) is 0 Å². The number of nitrogens with zero attached hydrogens (tertiary/aromatic N) is 2. The van der Waals surface area contributed by atoms with Gasteiger partial charge < -0.3 is 15.1 Å². The highest BCUT2D eigenvalue weighted by Crippen LogP contribution is 2.23. The number of likely N-dealkylation sites (tertiary alicyclic amines) is 2. The van der Waals surface area contributed by atoms with Crippen LogP contribution in [0.25, 0.3) is 0 Å². The molecule has 2 aliphatic rings. The highest BCUT2D eigenvalue weighted by molar-refractivity contribution is 9.10. The van der Waals surface area contributed by atoms with E-state index in [2.05, 4.69) is 50.0 Å². The van der Waals surface area contributed by atoms with E-state index in [1.807, 2.05) is 0 Å². The summed E-state index contributed by atoms with van der Waals surface area (Å²) < 4.78 is 1.25. The Morgan fingerprint density at radius 2 is 1.48 bits per heavy atom. The molecule has 27 heavy (non-hydrogen) atoms. The molecule has 0 amide bonds. The topological polar surface area (TPSA) is 81.1 Å². The number of carbonyl (C=O) groups is 2. The average molecular weight is 441 g/mol. The van der Waals surface area contributed by atoms with Gasteiger partial charge in [0, 0.05) is 17.1 Å². The molecule has 0 spiro atoms. The Morgan fingerprint density at radius 1 is 0.926 bits per heavy atom. The zero-order valence-corrected chi connectivity index (χ0v) is 17.2. The van der Waals surface area contributed by atoms with Crippen molar-refractivity contribution >= 4 is 27.9 Å². The number of benzene rings is 1. The van der Waals surface area contributed by atoms with Gasteiger partial charge in [-0.05, 0) is 63.5 Å². The maximum Gasteiger partial charge on any atom is 0.414 e. The first-order valence-corrected chi connectivity index (χ1v) is 10.4. The maximum absolute atomic E-state index is 9.10. The molecular weight excluding hydrogens is 412 g/mol. The van der Waals surface area contributed by atoms with Crippen molar-refractivity contribution in [3.8, 4) is 0 Å². The van der Waals surface area contributed by atoms with E-state index in [1.165, 1.54) is 74.7 Å². The van der Waals surface area contributed by atoms with Gasteiger partial charge in [0.15, 0.2) is 0 Å². The Hall–Kier alpha value is -1.44. The molecule has 0 unspecified atom stereocenters. The van der Waals surface area contributed by atoms with Crippen LogP contribution in [-0.4, -0.2) is 64.2 Å². The van der Waals surface area contributed by atoms with Crippen molar-refractivity contribution < 1.29 is 19.8 Å². The van der Waals surface area contributed by atoms with E-state index < -0.39 is 11.9 Å². The molecular formula is C20H29BrN2O4. The van der Waals surface area contributed by atoms with Crippen molar-refractivity contribution in [2.24, 2.45) is 0 Å². The van der Waals surface area contributed by atoms with Gasteiger partial charge in [0.25, 0.3) is 0 Å². The molecule has 2 heterocycles. The second-order valence-corrected chi connectivity index (χ2v) is 8.01. The molecule has 7 heteroatoms. The molecule has 150 valence electrons. The predicted octanol–water partition coefficient (Wildman–Crippen LogP) is 3.45. The fraction of sp³-hybridized carbons (Fsp3) is 0.600. The molecule has 0 bridgehead atoms. The molecule has 0 saturated carbocycles. The Bertz CT molecular complexity index is 598. The highest BCUT2D eigenvalue weighted by atomic mass is 79.9. The van der Waals surface area contributed by atoms with Crippen LogP contribution >= 0.6 is 15.9 Å². The number of carboxylic acids is 2. The predicted molar refractivity (Wildman–Crippen MR) is 108 cm³/mol. The number of halogens is 1. The Morgan fingerprint density at radius 3 is 2.00 bits per heavy atom. The van der Waals surface area contributed by atoms with Crippen LogP contribution in [0.4, 0.5) is 0 Å². The molecule has 2 saturated heterocycles. The van der Waals surface area contributed by atoms with Crippen molar-refractivity contribution in [2.45, 2.75) is 51.1 Å². The first-order valence-electron chi connectivity index (χ1n) is 9.63. The van der Waals surface area contributed by atoms with Gasteiger partial charge in [-0.3, -0.25) is 4.90 Å².